The Hall–Kier alpha value is -1.60. The number of hydrogen-bond donors (Lipinski definition) is 2. The number of aliphatic imine (C=N–C) groups is 1. The SMILES string of the molecule is CCNC(=NCc1ccccc1S(=O)(=O)N1CCCCC1)NC1CCCC1. The number of sulfonamides is 1. The summed E-state index contributed by atoms with van der Waals surface area (Å²) in [4.78, 5) is 5.07. The molecular formula is C20H32N4O2S. The fourth-order valence-corrected chi connectivity index (χ4v) is 5.61. The molecule has 2 fully saturated rings. The molecule has 0 amide bonds. The van der Waals surface area contributed by atoms with Crippen molar-refractivity contribution >= 4 is 16.0 Å². The lowest BCUT2D eigenvalue weighted by Gasteiger charge is -2.26. The van der Waals surface area contributed by atoms with E-state index in [-0.39, 0.29) is 0 Å². The van der Waals surface area contributed by atoms with Gasteiger partial charge in [0.25, 0.3) is 0 Å². The molecule has 1 aliphatic carbocycles. The number of benzene rings is 1. The maximum Gasteiger partial charge on any atom is 0.243 e. The Kier molecular flexibility index (Phi) is 7.13. The maximum absolute atomic E-state index is 13.1. The highest BCUT2D eigenvalue weighted by atomic mass is 32.2. The summed E-state index contributed by atoms with van der Waals surface area (Å²) >= 11 is 0. The molecule has 1 heterocycles. The van der Waals surface area contributed by atoms with E-state index in [4.69, 9.17) is 0 Å². The van der Waals surface area contributed by atoms with Crippen molar-refractivity contribution in [2.24, 2.45) is 4.99 Å². The molecule has 1 aromatic rings. The lowest BCUT2D eigenvalue weighted by atomic mass is 10.2. The van der Waals surface area contributed by atoms with E-state index in [1.54, 1.807) is 16.4 Å². The van der Waals surface area contributed by atoms with Crippen LogP contribution in [-0.4, -0.2) is 44.4 Å². The zero-order valence-corrected chi connectivity index (χ0v) is 17.1. The molecule has 6 nitrogen and oxygen atoms in total. The number of hydrogen-bond acceptors (Lipinski definition) is 3. The maximum atomic E-state index is 13.1. The second-order valence-electron chi connectivity index (χ2n) is 7.39. The van der Waals surface area contributed by atoms with Crippen LogP contribution >= 0.6 is 0 Å². The standard InChI is InChI=1S/C20H32N4O2S/c1-2-21-20(23-18-11-5-6-12-18)22-16-17-10-4-7-13-19(17)27(25,26)24-14-8-3-9-15-24/h4,7,10,13,18H,2-3,5-6,8-9,11-12,14-16H2,1H3,(H2,21,22,23). The normalized spacial score (nSPS) is 20.0. The van der Waals surface area contributed by atoms with Gasteiger partial charge in [-0.15, -0.1) is 0 Å². The Morgan fingerprint density at radius 1 is 1.11 bits per heavy atom. The highest BCUT2D eigenvalue weighted by Crippen LogP contribution is 2.24. The van der Waals surface area contributed by atoms with Gasteiger partial charge in [0.1, 0.15) is 0 Å². The van der Waals surface area contributed by atoms with Crippen molar-refractivity contribution < 1.29 is 8.42 Å². The Morgan fingerprint density at radius 3 is 2.52 bits per heavy atom. The highest BCUT2D eigenvalue weighted by molar-refractivity contribution is 7.89. The molecule has 27 heavy (non-hydrogen) atoms. The van der Waals surface area contributed by atoms with Gasteiger partial charge in [-0.1, -0.05) is 37.5 Å². The molecule has 1 aromatic carbocycles. The van der Waals surface area contributed by atoms with Crippen molar-refractivity contribution in [1.82, 2.24) is 14.9 Å². The summed E-state index contributed by atoms with van der Waals surface area (Å²) in [5, 5.41) is 6.77. The molecular weight excluding hydrogens is 360 g/mol. The largest absolute Gasteiger partial charge is 0.357 e. The second-order valence-corrected chi connectivity index (χ2v) is 9.30. The van der Waals surface area contributed by atoms with E-state index in [2.05, 4.69) is 15.6 Å². The van der Waals surface area contributed by atoms with Crippen LogP contribution in [0.1, 0.15) is 57.4 Å². The van der Waals surface area contributed by atoms with Crippen molar-refractivity contribution in [1.29, 1.82) is 0 Å². The molecule has 0 bridgehead atoms. The summed E-state index contributed by atoms with van der Waals surface area (Å²) in [6.07, 6.45) is 7.85. The molecule has 7 heteroatoms. The summed E-state index contributed by atoms with van der Waals surface area (Å²) < 4.78 is 27.8. The molecule has 1 aliphatic heterocycles. The quantitative estimate of drug-likeness (QED) is 0.577. The van der Waals surface area contributed by atoms with Crippen LogP contribution in [0.25, 0.3) is 0 Å². The summed E-state index contributed by atoms with van der Waals surface area (Å²) in [6.45, 7) is 4.41. The smallest absolute Gasteiger partial charge is 0.243 e. The van der Waals surface area contributed by atoms with E-state index in [0.717, 1.165) is 37.3 Å². The van der Waals surface area contributed by atoms with Crippen LogP contribution in [0.3, 0.4) is 0 Å². The van der Waals surface area contributed by atoms with Gasteiger partial charge in [-0.25, -0.2) is 13.4 Å². The minimum atomic E-state index is -3.45. The summed E-state index contributed by atoms with van der Waals surface area (Å²) in [5.41, 5.74) is 0.756. The van der Waals surface area contributed by atoms with Crippen LogP contribution in [-0.2, 0) is 16.6 Å². The van der Waals surface area contributed by atoms with Crippen LogP contribution in [0, 0.1) is 0 Å². The van der Waals surface area contributed by atoms with Gasteiger partial charge in [-0.2, -0.15) is 4.31 Å². The predicted octanol–water partition coefficient (Wildman–Crippen LogP) is 2.86. The Labute approximate surface area is 163 Å². The Bertz CT molecular complexity index is 736. The molecule has 1 saturated carbocycles. The van der Waals surface area contributed by atoms with Crippen molar-refractivity contribution in [2.75, 3.05) is 19.6 Å². The molecule has 0 atom stereocenters. The van der Waals surface area contributed by atoms with Crippen LogP contribution in [0.5, 0.6) is 0 Å². The molecule has 2 N–H and O–H groups in total. The molecule has 3 rings (SSSR count). The third kappa shape index (κ3) is 5.23. The zero-order chi connectivity index (χ0) is 19.1. The number of guanidine groups is 1. The van der Waals surface area contributed by atoms with E-state index in [0.29, 0.717) is 30.6 Å². The summed E-state index contributed by atoms with van der Waals surface area (Å²) in [7, 11) is -3.45. The Morgan fingerprint density at radius 2 is 1.81 bits per heavy atom. The molecule has 1 saturated heterocycles. The lowest BCUT2D eigenvalue weighted by Crippen LogP contribution is -2.42. The van der Waals surface area contributed by atoms with E-state index in [1.165, 1.54) is 25.7 Å². The van der Waals surface area contributed by atoms with E-state index >= 15 is 0 Å². The monoisotopic (exact) mass is 392 g/mol. The van der Waals surface area contributed by atoms with E-state index in [9.17, 15) is 8.42 Å². The summed E-state index contributed by atoms with van der Waals surface area (Å²) in [6, 6.07) is 7.74. The number of piperidine rings is 1. The minimum absolute atomic E-state index is 0.352. The van der Waals surface area contributed by atoms with Crippen LogP contribution in [0.2, 0.25) is 0 Å². The number of rotatable bonds is 6. The van der Waals surface area contributed by atoms with Gasteiger partial charge in [0, 0.05) is 25.7 Å². The fourth-order valence-electron chi connectivity index (χ4n) is 3.88. The third-order valence-electron chi connectivity index (χ3n) is 5.35. The zero-order valence-electron chi connectivity index (χ0n) is 16.3. The van der Waals surface area contributed by atoms with Crippen molar-refractivity contribution in [2.45, 2.75) is 69.4 Å². The predicted molar refractivity (Wildman–Crippen MR) is 109 cm³/mol. The van der Waals surface area contributed by atoms with Crippen LogP contribution in [0.4, 0.5) is 0 Å². The van der Waals surface area contributed by atoms with Gasteiger partial charge < -0.3 is 10.6 Å². The van der Waals surface area contributed by atoms with Gasteiger partial charge in [-0.3, -0.25) is 0 Å². The first kappa shape index (κ1) is 20.1. The van der Waals surface area contributed by atoms with Gasteiger partial charge >= 0.3 is 0 Å². The van der Waals surface area contributed by atoms with E-state index < -0.39 is 10.0 Å². The van der Waals surface area contributed by atoms with Gasteiger partial charge in [0.2, 0.25) is 10.0 Å². The number of nitrogens with zero attached hydrogens (tertiary/aromatic N) is 2. The topological polar surface area (TPSA) is 73.8 Å². The third-order valence-corrected chi connectivity index (χ3v) is 7.35. The summed E-state index contributed by atoms with van der Waals surface area (Å²) in [5.74, 6) is 0.773. The van der Waals surface area contributed by atoms with Crippen LogP contribution in [0.15, 0.2) is 34.2 Å². The van der Waals surface area contributed by atoms with Crippen molar-refractivity contribution in [3.8, 4) is 0 Å². The molecule has 0 aromatic heterocycles. The molecule has 0 spiro atoms. The average molecular weight is 393 g/mol. The first-order valence-corrected chi connectivity index (χ1v) is 11.7. The molecule has 2 aliphatic rings. The first-order valence-electron chi connectivity index (χ1n) is 10.2. The van der Waals surface area contributed by atoms with Gasteiger partial charge in [-0.05, 0) is 44.2 Å². The first-order chi connectivity index (χ1) is 13.1. The van der Waals surface area contributed by atoms with Crippen molar-refractivity contribution in [3.63, 3.8) is 0 Å². The fraction of sp³-hybridized carbons (Fsp3) is 0.650. The number of nitrogens with one attached hydrogen (secondary N) is 2. The van der Waals surface area contributed by atoms with Crippen molar-refractivity contribution in [3.05, 3.63) is 29.8 Å². The van der Waals surface area contributed by atoms with Crippen LogP contribution < -0.4 is 10.6 Å². The minimum Gasteiger partial charge on any atom is -0.357 e. The lowest BCUT2D eigenvalue weighted by molar-refractivity contribution is 0.346. The molecule has 150 valence electrons. The van der Waals surface area contributed by atoms with Gasteiger partial charge in [0.15, 0.2) is 5.96 Å². The average Bonchev–Trinajstić information content (AvgIpc) is 3.20. The highest BCUT2D eigenvalue weighted by Gasteiger charge is 2.27. The van der Waals surface area contributed by atoms with Gasteiger partial charge in [0.05, 0.1) is 11.4 Å². The van der Waals surface area contributed by atoms with E-state index in [1.807, 2.05) is 19.1 Å². The Balaban J connectivity index is 1.77. The second kappa shape index (κ2) is 9.55. The molecule has 0 radical (unpaired) electrons. The molecule has 0 unspecified atom stereocenters.